The minimum atomic E-state index is -0.259. The van der Waals surface area contributed by atoms with Crippen LogP contribution in [0.5, 0.6) is 0 Å². The van der Waals surface area contributed by atoms with Gasteiger partial charge >= 0.3 is 0 Å². The van der Waals surface area contributed by atoms with Gasteiger partial charge in [-0.3, -0.25) is 4.79 Å². The Kier molecular flexibility index (Phi) is 6.35. The second-order valence-corrected chi connectivity index (χ2v) is 6.53. The number of aromatic nitrogens is 2. The zero-order valence-corrected chi connectivity index (χ0v) is 15.9. The lowest BCUT2D eigenvalue weighted by Crippen LogP contribution is -2.33. The molecule has 0 amide bonds. The predicted molar refractivity (Wildman–Crippen MR) is 107 cm³/mol. The van der Waals surface area contributed by atoms with Gasteiger partial charge in [-0.15, -0.1) is 0 Å². The van der Waals surface area contributed by atoms with Crippen molar-refractivity contribution in [2.24, 2.45) is 5.92 Å². The molecule has 0 aliphatic carbocycles. The molecule has 142 valence electrons. The van der Waals surface area contributed by atoms with E-state index in [1.165, 1.54) is 12.1 Å². The van der Waals surface area contributed by atoms with Crippen LogP contribution in [0.4, 0.5) is 4.39 Å². The van der Waals surface area contributed by atoms with Gasteiger partial charge in [0.15, 0.2) is 5.82 Å². The number of hydrogen-bond acceptors (Lipinski definition) is 3. The Balaban J connectivity index is 0.00000102. The number of piperidine rings is 1. The summed E-state index contributed by atoms with van der Waals surface area (Å²) in [5, 5.41) is 3.29. The van der Waals surface area contributed by atoms with E-state index in [-0.39, 0.29) is 17.5 Å². The number of rotatable bonds is 4. The van der Waals surface area contributed by atoms with E-state index >= 15 is 0 Å². The summed E-state index contributed by atoms with van der Waals surface area (Å²) in [5.41, 5.74) is 2.70. The van der Waals surface area contributed by atoms with Crippen LogP contribution >= 0.6 is 0 Å². The molecule has 0 radical (unpaired) electrons. The van der Waals surface area contributed by atoms with Gasteiger partial charge in [-0.2, -0.15) is 0 Å². The summed E-state index contributed by atoms with van der Waals surface area (Å²) in [5.74, 6) is 0.382. The first-order valence-electron chi connectivity index (χ1n) is 9.67. The van der Waals surface area contributed by atoms with E-state index in [2.05, 4.69) is 10.3 Å². The number of fused-ring (bicyclic) bond motifs is 1. The number of halogens is 1. The van der Waals surface area contributed by atoms with E-state index in [1.54, 1.807) is 12.1 Å². The molecule has 2 aromatic carbocycles. The van der Waals surface area contributed by atoms with Gasteiger partial charge in [0.05, 0.1) is 11.0 Å². The highest BCUT2D eigenvalue weighted by molar-refractivity contribution is 5.98. The van der Waals surface area contributed by atoms with E-state index in [9.17, 15) is 9.18 Å². The standard InChI is InChI=1S/C20H20FN3O.C2H6/c21-16-7-5-14(6-8-16)13-24-18-4-2-1-3-17(18)23-20(24)19(25)15-9-11-22-12-10-15;1-2/h1-8,15,22H,9-13H2;1-2H3. The van der Waals surface area contributed by atoms with Crippen molar-refractivity contribution in [2.75, 3.05) is 13.1 Å². The topological polar surface area (TPSA) is 46.9 Å². The number of carbonyl (C=O) groups is 1. The van der Waals surface area contributed by atoms with Crippen LogP contribution in [0.3, 0.4) is 0 Å². The Hall–Kier alpha value is -2.53. The molecule has 1 aromatic heterocycles. The molecule has 1 aliphatic heterocycles. The van der Waals surface area contributed by atoms with E-state index in [4.69, 9.17) is 0 Å². The first-order chi connectivity index (χ1) is 13.2. The fraction of sp³-hybridized carbons (Fsp3) is 0.364. The summed E-state index contributed by atoms with van der Waals surface area (Å²) >= 11 is 0. The summed E-state index contributed by atoms with van der Waals surface area (Å²) in [7, 11) is 0. The number of imidazole rings is 1. The number of carbonyl (C=O) groups excluding carboxylic acids is 1. The third-order valence-electron chi connectivity index (χ3n) is 4.84. The summed E-state index contributed by atoms with van der Waals surface area (Å²) in [6.07, 6.45) is 1.69. The van der Waals surface area contributed by atoms with Gasteiger partial charge in [0.2, 0.25) is 5.78 Å². The first kappa shape index (κ1) is 19.2. The molecule has 4 nitrogen and oxygen atoms in total. The van der Waals surface area contributed by atoms with Gasteiger partial charge in [0.1, 0.15) is 5.82 Å². The molecule has 1 saturated heterocycles. The normalized spacial score (nSPS) is 14.6. The van der Waals surface area contributed by atoms with Crippen molar-refractivity contribution in [3.63, 3.8) is 0 Å². The van der Waals surface area contributed by atoms with Crippen LogP contribution in [0.15, 0.2) is 48.5 Å². The number of nitrogens with zero attached hydrogens (tertiary/aromatic N) is 2. The molecule has 0 saturated carbocycles. The van der Waals surface area contributed by atoms with E-state index < -0.39 is 0 Å². The van der Waals surface area contributed by atoms with Crippen LogP contribution in [-0.4, -0.2) is 28.4 Å². The molecule has 2 heterocycles. The van der Waals surface area contributed by atoms with Crippen molar-refractivity contribution in [3.05, 3.63) is 65.7 Å². The van der Waals surface area contributed by atoms with Crippen LogP contribution in [0.1, 0.15) is 42.9 Å². The van der Waals surface area contributed by atoms with E-state index in [0.717, 1.165) is 42.5 Å². The van der Waals surface area contributed by atoms with Gasteiger partial charge < -0.3 is 9.88 Å². The van der Waals surface area contributed by atoms with Crippen LogP contribution in [0.2, 0.25) is 0 Å². The lowest BCUT2D eigenvalue weighted by atomic mass is 9.93. The van der Waals surface area contributed by atoms with Crippen LogP contribution in [0, 0.1) is 11.7 Å². The molecule has 0 atom stereocenters. The fourth-order valence-corrected chi connectivity index (χ4v) is 3.46. The predicted octanol–water partition coefficient (Wildman–Crippen LogP) is 4.43. The number of nitrogens with one attached hydrogen (secondary N) is 1. The van der Waals surface area contributed by atoms with Gasteiger partial charge in [0, 0.05) is 12.5 Å². The SMILES string of the molecule is CC.O=C(c1nc2ccccc2n1Cc1ccc(F)cc1)C1CCNCC1. The van der Waals surface area contributed by atoms with Gasteiger partial charge in [0.25, 0.3) is 0 Å². The lowest BCUT2D eigenvalue weighted by Gasteiger charge is -2.21. The van der Waals surface area contributed by atoms with Crippen LogP contribution in [0.25, 0.3) is 11.0 Å². The quantitative estimate of drug-likeness (QED) is 0.694. The maximum absolute atomic E-state index is 13.2. The minimum absolute atomic E-state index is 0.0185. The Morgan fingerprint density at radius 1 is 1.11 bits per heavy atom. The smallest absolute Gasteiger partial charge is 0.201 e. The summed E-state index contributed by atoms with van der Waals surface area (Å²) in [6, 6.07) is 14.2. The summed E-state index contributed by atoms with van der Waals surface area (Å²) < 4.78 is 15.2. The third-order valence-corrected chi connectivity index (χ3v) is 4.84. The number of Topliss-reactive ketones (excluding diaryl/α,β-unsaturated/α-hetero) is 1. The van der Waals surface area contributed by atoms with Crippen LogP contribution in [-0.2, 0) is 6.54 Å². The monoisotopic (exact) mass is 367 g/mol. The molecule has 0 spiro atoms. The molecule has 5 heteroatoms. The maximum atomic E-state index is 13.2. The van der Waals surface area contributed by atoms with E-state index in [1.807, 2.05) is 42.7 Å². The van der Waals surface area contributed by atoms with E-state index in [0.29, 0.717) is 12.4 Å². The summed E-state index contributed by atoms with van der Waals surface area (Å²) in [4.78, 5) is 17.7. The number of hydrogen-bond donors (Lipinski definition) is 1. The second kappa shape index (κ2) is 8.91. The largest absolute Gasteiger partial charge is 0.317 e. The molecule has 0 unspecified atom stereocenters. The first-order valence-corrected chi connectivity index (χ1v) is 9.67. The number of benzene rings is 2. The molecule has 0 bridgehead atoms. The molecular weight excluding hydrogens is 341 g/mol. The Morgan fingerprint density at radius 3 is 2.48 bits per heavy atom. The highest BCUT2D eigenvalue weighted by Gasteiger charge is 2.27. The highest BCUT2D eigenvalue weighted by Crippen LogP contribution is 2.23. The molecule has 1 fully saturated rings. The Morgan fingerprint density at radius 2 is 1.78 bits per heavy atom. The molecule has 1 aliphatic rings. The van der Waals surface area contributed by atoms with Crippen molar-refractivity contribution in [1.29, 1.82) is 0 Å². The van der Waals surface area contributed by atoms with Crippen molar-refractivity contribution in [2.45, 2.75) is 33.2 Å². The average molecular weight is 367 g/mol. The van der Waals surface area contributed by atoms with Crippen LogP contribution < -0.4 is 5.32 Å². The molecule has 3 aromatic rings. The van der Waals surface area contributed by atoms with Crippen molar-refractivity contribution >= 4 is 16.8 Å². The average Bonchev–Trinajstić information content (AvgIpc) is 3.10. The van der Waals surface area contributed by atoms with Gasteiger partial charge in [-0.05, 0) is 55.8 Å². The van der Waals surface area contributed by atoms with Crippen molar-refractivity contribution in [1.82, 2.24) is 14.9 Å². The Bertz CT molecular complexity index is 896. The highest BCUT2D eigenvalue weighted by atomic mass is 19.1. The van der Waals surface area contributed by atoms with Crippen molar-refractivity contribution < 1.29 is 9.18 Å². The second-order valence-electron chi connectivity index (χ2n) is 6.53. The molecule has 1 N–H and O–H groups in total. The molecule has 27 heavy (non-hydrogen) atoms. The third kappa shape index (κ3) is 4.25. The maximum Gasteiger partial charge on any atom is 0.201 e. The minimum Gasteiger partial charge on any atom is -0.317 e. The fourth-order valence-electron chi connectivity index (χ4n) is 3.46. The van der Waals surface area contributed by atoms with Crippen molar-refractivity contribution in [3.8, 4) is 0 Å². The zero-order chi connectivity index (χ0) is 19.2. The lowest BCUT2D eigenvalue weighted by molar-refractivity contribution is 0.0880. The van der Waals surface area contributed by atoms with Gasteiger partial charge in [-0.25, -0.2) is 9.37 Å². The molecule has 4 rings (SSSR count). The summed E-state index contributed by atoms with van der Waals surface area (Å²) in [6.45, 7) is 6.25. The Labute approximate surface area is 159 Å². The molecular formula is C22H26FN3O. The number of para-hydroxylation sites is 2. The number of ketones is 1. The zero-order valence-electron chi connectivity index (χ0n) is 15.9. The van der Waals surface area contributed by atoms with Gasteiger partial charge in [-0.1, -0.05) is 38.1 Å².